The molecule has 4 heteroatoms. The minimum absolute atomic E-state index is 0.0191. The molecule has 2 rings (SSSR count). The third-order valence-corrected chi connectivity index (χ3v) is 4.11. The van der Waals surface area contributed by atoms with E-state index in [9.17, 15) is 4.79 Å². The van der Waals surface area contributed by atoms with E-state index in [4.69, 9.17) is 9.47 Å². The molecule has 1 aromatic carbocycles. The van der Waals surface area contributed by atoms with Crippen LogP contribution in [0.15, 0.2) is 30.3 Å². The highest BCUT2D eigenvalue weighted by molar-refractivity contribution is 7.14. The van der Waals surface area contributed by atoms with Crippen molar-refractivity contribution >= 4 is 17.1 Å². The van der Waals surface area contributed by atoms with E-state index in [-0.39, 0.29) is 5.78 Å². The Morgan fingerprint density at radius 3 is 2.42 bits per heavy atom. The van der Waals surface area contributed by atoms with E-state index < -0.39 is 0 Å². The van der Waals surface area contributed by atoms with E-state index in [0.717, 1.165) is 11.3 Å². The zero-order chi connectivity index (χ0) is 13.8. The van der Waals surface area contributed by atoms with Crippen LogP contribution in [0.4, 0.5) is 0 Å². The third kappa shape index (κ3) is 2.79. The van der Waals surface area contributed by atoms with Crippen molar-refractivity contribution in [1.82, 2.24) is 0 Å². The van der Waals surface area contributed by atoms with E-state index in [0.29, 0.717) is 17.1 Å². The first-order chi connectivity index (χ1) is 9.19. The van der Waals surface area contributed by atoms with Crippen molar-refractivity contribution < 1.29 is 14.3 Å². The molecule has 100 valence electrons. The van der Waals surface area contributed by atoms with Gasteiger partial charge in [0.1, 0.15) is 0 Å². The standard InChI is InChI=1S/C15H16O3S/c1-4-11-6-8-14(19-11)15(16)10-5-7-12(17-2)13(9-10)18-3/h5-9H,4H2,1-3H3. The van der Waals surface area contributed by atoms with E-state index in [1.54, 1.807) is 32.4 Å². The number of thiophene rings is 1. The number of carbonyl (C=O) groups excluding carboxylic acids is 1. The first-order valence-corrected chi connectivity index (χ1v) is 6.86. The molecular weight excluding hydrogens is 260 g/mol. The molecule has 0 aliphatic heterocycles. The van der Waals surface area contributed by atoms with Gasteiger partial charge in [-0.15, -0.1) is 11.3 Å². The molecule has 0 fully saturated rings. The molecular formula is C15H16O3S. The largest absolute Gasteiger partial charge is 0.493 e. The summed E-state index contributed by atoms with van der Waals surface area (Å²) in [5.74, 6) is 1.21. The number of ketones is 1. The summed E-state index contributed by atoms with van der Waals surface area (Å²) in [6.07, 6.45) is 0.948. The van der Waals surface area contributed by atoms with Gasteiger partial charge >= 0.3 is 0 Å². The Balaban J connectivity index is 2.33. The van der Waals surface area contributed by atoms with Gasteiger partial charge in [0.25, 0.3) is 0 Å². The van der Waals surface area contributed by atoms with E-state index in [1.165, 1.54) is 16.2 Å². The van der Waals surface area contributed by atoms with Gasteiger partial charge < -0.3 is 9.47 Å². The fourth-order valence-corrected chi connectivity index (χ4v) is 2.72. The highest BCUT2D eigenvalue weighted by atomic mass is 32.1. The Kier molecular flexibility index (Phi) is 4.22. The van der Waals surface area contributed by atoms with Gasteiger partial charge in [-0.1, -0.05) is 6.92 Å². The van der Waals surface area contributed by atoms with Crippen molar-refractivity contribution in [3.05, 3.63) is 45.6 Å². The lowest BCUT2D eigenvalue weighted by Gasteiger charge is -2.08. The van der Waals surface area contributed by atoms with Crippen LogP contribution in [0.5, 0.6) is 11.5 Å². The van der Waals surface area contributed by atoms with Crippen molar-refractivity contribution in [3.8, 4) is 11.5 Å². The Labute approximate surface area is 116 Å². The number of carbonyl (C=O) groups is 1. The van der Waals surface area contributed by atoms with Crippen molar-refractivity contribution in [2.24, 2.45) is 0 Å². The summed E-state index contributed by atoms with van der Waals surface area (Å²) in [5, 5.41) is 0. The summed E-state index contributed by atoms with van der Waals surface area (Å²) in [6, 6.07) is 9.10. The van der Waals surface area contributed by atoms with Crippen molar-refractivity contribution in [1.29, 1.82) is 0 Å². The summed E-state index contributed by atoms with van der Waals surface area (Å²) in [4.78, 5) is 14.3. The molecule has 1 aromatic heterocycles. The summed E-state index contributed by atoms with van der Waals surface area (Å²) >= 11 is 1.54. The Bertz CT molecular complexity index is 587. The maximum atomic E-state index is 12.4. The van der Waals surface area contributed by atoms with Crippen LogP contribution >= 0.6 is 11.3 Å². The summed E-state index contributed by atoms with van der Waals surface area (Å²) in [5.41, 5.74) is 0.613. The molecule has 0 aliphatic rings. The van der Waals surface area contributed by atoms with E-state index in [2.05, 4.69) is 6.92 Å². The van der Waals surface area contributed by atoms with Gasteiger partial charge in [0.2, 0.25) is 5.78 Å². The molecule has 0 amide bonds. The highest BCUT2D eigenvalue weighted by Gasteiger charge is 2.14. The van der Waals surface area contributed by atoms with Gasteiger partial charge in [0.15, 0.2) is 11.5 Å². The second-order valence-corrected chi connectivity index (χ2v) is 5.19. The van der Waals surface area contributed by atoms with Crippen molar-refractivity contribution in [3.63, 3.8) is 0 Å². The fraction of sp³-hybridized carbons (Fsp3) is 0.267. The number of methoxy groups -OCH3 is 2. The Morgan fingerprint density at radius 1 is 1.11 bits per heavy atom. The van der Waals surface area contributed by atoms with Gasteiger partial charge in [0.05, 0.1) is 19.1 Å². The zero-order valence-corrected chi connectivity index (χ0v) is 12.0. The number of ether oxygens (including phenoxy) is 2. The molecule has 0 saturated carbocycles. The smallest absolute Gasteiger partial charge is 0.203 e. The highest BCUT2D eigenvalue weighted by Crippen LogP contribution is 2.29. The first-order valence-electron chi connectivity index (χ1n) is 6.05. The van der Waals surface area contributed by atoms with Crippen LogP contribution in [0.3, 0.4) is 0 Å². The number of aryl methyl sites for hydroxylation is 1. The predicted octanol–water partition coefficient (Wildman–Crippen LogP) is 3.56. The maximum Gasteiger partial charge on any atom is 0.203 e. The average molecular weight is 276 g/mol. The summed E-state index contributed by atoms with van der Waals surface area (Å²) < 4.78 is 10.4. The molecule has 3 nitrogen and oxygen atoms in total. The molecule has 19 heavy (non-hydrogen) atoms. The molecule has 0 radical (unpaired) electrons. The molecule has 0 N–H and O–H groups in total. The first kappa shape index (κ1) is 13.6. The summed E-state index contributed by atoms with van der Waals surface area (Å²) in [6.45, 7) is 2.08. The topological polar surface area (TPSA) is 35.5 Å². The number of hydrogen-bond acceptors (Lipinski definition) is 4. The lowest BCUT2D eigenvalue weighted by molar-refractivity contribution is 0.104. The number of hydrogen-bond donors (Lipinski definition) is 0. The maximum absolute atomic E-state index is 12.4. The van der Waals surface area contributed by atoms with Crippen LogP contribution in [0, 0.1) is 0 Å². The second-order valence-electron chi connectivity index (χ2n) is 4.02. The molecule has 1 heterocycles. The zero-order valence-electron chi connectivity index (χ0n) is 11.2. The molecule has 0 bridgehead atoms. The fourth-order valence-electron chi connectivity index (χ4n) is 1.81. The second kappa shape index (κ2) is 5.89. The van der Waals surface area contributed by atoms with Crippen LogP contribution in [0.1, 0.15) is 27.0 Å². The lowest BCUT2D eigenvalue weighted by atomic mass is 10.1. The molecule has 0 aliphatic carbocycles. The van der Waals surface area contributed by atoms with E-state index in [1.807, 2.05) is 12.1 Å². The summed E-state index contributed by atoms with van der Waals surface area (Å²) in [7, 11) is 3.14. The van der Waals surface area contributed by atoms with Gasteiger partial charge in [-0.05, 0) is 36.8 Å². The van der Waals surface area contributed by atoms with Crippen LogP contribution in [-0.2, 0) is 6.42 Å². The minimum atomic E-state index is 0.0191. The van der Waals surface area contributed by atoms with Crippen molar-refractivity contribution in [2.45, 2.75) is 13.3 Å². The van der Waals surface area contributed by atoms with Crippen LogP contribution in [0.25, 0.3) is 0 Å². The van der Waals surface area contributed by atoms with Crippen LogP contribution in [0.2, 0.25) is 0 Å². The Morgan fingerprint density at radius 2 is 1.84 bits per heavy atom. The molecule has 0 unspecified atom stereocenters. The van der Waals surface area contributed by atoms with E-state index >= 15 is 0 Å². The van der Waals surface area contributed by atoms with Crippen molar-refractivity contribution in [2.75, 3.05) is 14.2 Å². The molecule has 2 aromatic rings. The molecule has 0 saturated heterocycles. The third-order valence-electron chi connectivity index (χ3n) is 2.88. The quantitative estimate of drug-likeness (QED) is 0.783. The minimum Gasteiger partial charge on any atom is -0.493 e. The Hall–Kier alpha value is -1.81. The number of rotatable bonds is 5. The normalized spacial score (nSPS) is 10.3. The monoisotopic (exact) mass is 276 g/mol. The van der Waals surface area contributed by atoms with Gasteiger partial charge in [-0.25, -0.2) is 0 Å². The number of benzene rings is 1. The van der Waals surface area contributed by atoms with Gasteiger partial charge in [-0.3, -0.25) is 4.79 Å². The predicted molar refractivity (Wildman–Crippen MR) is 76.7 cm³/mol. The SMILES string of the molecule is CCc1ccc(C(=O)c2ccc(OC)c(OC)c2)s1. The molecule has 0 atom stereocenters. The lowest BCUT2D eigenvalue weighted by Crippen LogP contribution is -2.00. The van der Waals surface area contributed by atoms with Crippen LogP contribution < -0.4 is 9.47 Å². The van der Waals surface area contributed by atoms with Gasteiger partial charge in [-0.2, -0.15) is 0 Å². The average Bonchev–Trinajstić information content (AvgIpc) is 2.94. The van der Waals surface area contributed by atoms with Crippen LogP contribution in [-0.4, -0.2) is 20.0 Å². The molecule has 0 spiro atoms. The van der Waals surface area contributed by atoms with Gasteiger partial charge in [0, 0.05) is 10.4 Å².